The van der Waals surface area contributed by atoms with Crippen molar-refractivity contribution in [3.05, 3.63) is 70.8 Å². The number of ether oxygens (including phenoxy) is 3. The summed E-state index contributed by atoms with van der Waals surface area (Å²) in [5.41, 5.74) is 1.62. The van der Waals surface area contributed by atoms with E-state index in [1.54, 1.807) is 12.4 Å². The Balaban J connectivity index is 0.000000338. The average Bonchev–Trinajstić information content (AvgIpc) is 3.55. The maximum absolute atomic E-state index is 12.0. The van der Waals surface area contributed by atoms with Crippen LogP contribution in [0.1, 0.15) is 18.4 Å². The number of methoxy groups -OCH3 is 1. The summed E-state index contributed by atoms with van der Waals surface area (Å²) in [7, 11) is 1.51. The smallest absolute Gasteiger partial charge is 0.253 e. The molecule has 0 spiro atoms. The number of H-pyrrole nitrogens is 1. The lowest BCUT2D eigenvalue weighted by Crippen LogP contribution is -2.31. The fraction of sp³-hybridized carbons (Fsp3) is 0.360. The molecule has 1 fully saturated rings. The van der Waals surface area contributed by atoms with E-state index in [0.717, 1.165) is 24.2 Å². The van der Waals surface area contributed by atoms with Crippen LogP contribution in [0.15, 0.2) is 59.8 Å². The molecule has 1 atom stereocenters. The first-order valence-corrected chi connectivity index (χ1v) is 11.6. The van der Waals surface area contributed by atoms with Gasteiger partial charge in [0.15, 0.2) is 11.3 Å². The number of rotatable bonds is 9. The minimum absolute atomic E-state index is 0.0504. The van der Waals surface area contributed by atoms with E-state index >= 15 is 0 Å². The van der Waals surface area contributed by atoms with Crippen LogP contribution in [0.2, 0.25) is 0 Å². The molecule has 11 nitrogen and oxygen atoms in total. The summed E-state index contributed by atoms with van der Waals surface area (Å²) in [4.78, 5) is 37.3. The first-order chi connectivity index (χ1) is 17.4. The molecule has 1 aliphatic heterocycles. The molecule has 1 saturated heterocycles. The minimum Gasteiger partial charge on any atom is -0.492 e. The second kappa shape index (κ2) is 13.7. The zero-order valence-electron chi connectivity index (χ0n) is 20.4. The number of pyridine rings is 1. The molecule has 2 amide bonds. The van der Waals surface area contributed by atoms with Gasteiger partial charge in [0.2, 0.25) is 5.91 Å². The third-order valence-corrected chi connectivity index (χ3v) is 5.08. The number of aromatic amines is 1. The average molecular weight is 498 g/mol. The van der Waals surface area contributed by atoms with Crippen LogP contribution in [0.4, 0.5) is 5.69 Å². The molecule has 1 unspecified atom stereocenters. The molecule has 0 radical (unpaired) electrons. The van der Waals surface area contributed by atoms with Gasteiger partial charge < -0.3 is 29.8 Å². The highest BCUT2D eigenvalue weighted by atomic mass is 16.5. The van der Waals surface area contributed by atoms with Crippen molar-refractivity contribution in [3.63, 3.8) is 0 Å². The van der Waals surface area contributed by atoms with Gasteiger partial charge in [0.05, 0.1) is 25.5 Å². The van der Waals surface area contributed by atoms with Gasteiger partial charge in [-0.05, 0) is 37.5 Å². The van der Waals surface area contributed by atoms with Gasteiger partial charge in [-0.1, -0.05) is 12.1 Å². The van der Waals surface area contributed by atoms with Gasteiger partial charge >= 0.3 is 0 Å². The number of anilines is 1. The topological polar surface area (TPSA) is 137 Å². The Morgan fingerprint density at radius 3 is 2.83 bits per heavy atom. The Morgan fingerprint density at radius 2 is 2.14 bits per heavy atom. The van der Waals surface area contributed by atoms with E-state index in [2.05, 4.69) is 20.7 Å². The monoisotopic (exact) mass is 497 g/mol. The lowest BCUT2D eigenvalue weighted by molar-refractivity contribution is -0.124. The van der Waals surface area contributed by atoms with Crippen LogP contribution in [0.5, 0.6) is 11.6 Å². The van der Waals surface area contributed by atoms with E-state index in [1.807, 2.05) is 31.2 Å². The third kappa shape index (κ3) is 8.91. The highest BCUT2D eigenvalue weighted by molar-refractivity contribution is 5.94. The lowest BCUT2D eigenvalue weighted by atomic mass is 10.2. The summed E-state index contributed by atoms with van der Waals surface area (Å²) in [5, 5.41) is 9.62. The Kier molecular flexibility index (Phi) is 10.1. The van der Waals surface area contributed by atoms with Gasteiger partial charge in [-0.15, -0.1) is 0 Å². The molecule has 0 aliphatic carbocycles. The van der Waals surface area contributed by atoms with Crippen LogP contribution in [0.3, 0.4) is 0 Å². The second-order valence-corrected chi connectivity index (χ2v) is 8.03. The van der Waals surface area contributed by atoms with Gasteiger partial charge in [-0.25, -0.2) is 0 Å². The van der Waals surface area contributed by atoms with Gasteiger partial charge in [0.1, 0.15) is 25.0 Å². The number of aryl methyl sites for hydroxylation is 1. The molecule has 1 aromatic carbocycles. The molecule has 36 heavy (non-hydrogen) atoms. The predicted molar refractivity (Wildman–Crippen MR) is 133 cm³/mol. The number of carbonyl (C=O) groups excluding carboxylic acids is 2. The molecule has 3 N–H and O–H groups in total. The van der Waals surface area contributed by atoms with Crippen molar-refractivity contribution in [1.29, 1.82) is 0 Å². The summed E-state index contributed by atoms with van der Waals surface area (Å²) in [5.74, 6) is 0.915. The van der Waals surface area contributed by atoms with Gasteiger partial charge in [0, 0.05) is 31.1 Å². The van der Waals surface area contributed by atoms with Crippen molar-refractivity contribution >= 4 is 17.5 Å². The van der Waals surface area contributed by atoms with Crippen molar-refractivity contribution in [3.8, 4) is 11.6 Å². The first kappa shape index (κ1) is 26.5. The van der Waals surface area contributed by atoms with Crippen LogP contribution in [-0.4, -0.2) is 59.6 Å². The van der Waals surface area contributed by atoms with Crippen molar-refractivity contribution in [2.45, 2.75) is 32.4 Å². The van der Waals surface area contributed by atoms with Crippen LogP contribution in [-0.2, 0) is 20.9 Å². The number of nitrogens with zero attached hydrogens (tertiary/aromatic N) is 2. The number of carbonyl (C=O) groups is 2. The van der Waals surface area contributed by atoms with E-state index in [1.165, 1.54) is 30.1 Å². The molecule has 1 aliphatic rings. The minimum atomic E-state index is -0.398. The second-order valence-electron chi connectivity index (χ2n) is 8.03. The van der Waals surface area contributed by atoms with Crippen molar-refractivity contribution in [1.82, 2.24) is 20.1 Å². The third-order valence-electron chi connectivity index (χ3n) is 5.08. The molecule has 3 heterocycles. The van der Waals surface area contributed by atoms with Gasteiger partial charge in [-0.3, -0.25) is 19.1 Å². The summed E-state index contributed by atoms with van der Waals surface area (Å²) in [6.45, 7) is 3.47. The summed E-state index contributed by atoms with van der Waals surface area (Å²) >= 11 is 0. The molecule has 11 heteroatoms. The fourth-order valence-corrected chi connectivity index (χ4v) is 3.33. The van der Waals surface area contributed by atoms with Crippen LogP contribution in [0.25, 0.3) is 0 Å². The predicted octanol–water partition coefficient (Wildman–Crippen LogP) is 1.89. The number of aromatic nitrogens is 3. The summed E-state index contributed by atoms with van der Waals surface area (Å²) < 4.78 is 17.1. The Morgan fingerprint density at radius 1 is 1.28 bits per heavy atom. The quantitative estimate of drug-likeness (QED) is 0.384. The van der Waals surface area contributed by atoms with Crippen LogP contribution < -0.4 is 25.5 Å². The van der Waals surface area contributed by atoms with Crippen LogP contribution >= 0.6 is 0 Å². The highest BCUT2D eigenvalue weighted by Crippen LogP contribution is 2.15. The SMILES string of the molecule is COc1cc(=O)cc[nH]1.Cc1cccc(OCCNC(=O)Cn2cc(NC(=O)C3CCCO3)cn2)c1. The highest BCUT2D eigenvalue weighted by Gasteiger charge is 2.23. The van der Waals surface area contributed by atoms with Gasteiger partial charge in [-0.2, -0.15) is 5.10 Å². The molecule has 4 rings (SSSR count). The molecule has 192 valence electrons. The number of hydrogen-bond acceptors (Lipinski definition) is 7. The van der Waals surface area contributed by atoms with Crippen molar-refractivity contribution in [2.75, 3.05) is 32.2 Å². The fourth-order valence-electron chi connectivity index (χ4n) is 3.33. The normalized spacial score (nSPS) is 14.3. The molecule has 3 aromatic rings. The molecule has 0 bridgehead atoms. The zero-order valence-corrected chi connectivity index (χ0v) is 20.4. The number of benzene rings is 1. The van der Waals surface area contributed by atoms with E-state index in [4.69, 9.17) is 14.2 Å². The number of amides is 2. The van der Waals surface area contributed by atoms with Crippen molar-refractivity contribution in [2.24, 2.45) is 0 Å². The van der Waals surface area contributed by atoms with E-state index in [9.17, 15) is 14.4 Å². The zero-order chi connectivity index (χ0) is 25.8. The molecule has 0 saturated carbocycles. The first-order valence-electron chi connectivity index (χ1n) is 11.6. The number of nitrogens with one attached hydrogen (secondary N) is 3. The van der Waals surface area contributed by atoms with Crippen molar-refractivity contribution < 1.29 is 23.8 Å². The standard InChI is InChI=1S/C19H24N4O4.C6H7NO2/c1-14-4-2-5-16(10-14)26-9-7-20-18(24)13-23-12-15(11-21-23)22-19(25)17-6-3-8-27-17;1-9-6-4-5(8)2-3-7-6/h2,4-5,10-12,17H,3,6-9,13H2,1H3,(H,20,24)(H,22,25);2-4H,1H3,(H,7,8). The molecule has 2 aromatic heterocycles. The summed E-state index contributed by atoms with van der Waals surface area (Å²) in [6.07, 6.45) is 5.90. The maximum atomic E-state index is 12.0. The van der Waals surface area contributed by atoms with Gasteiger partial charge in [0.25, 0.3) is 5.91 Å². The Hall–Kier alpha value is -4.12. The largest absolute Gasteiger partial charge is 0.492 e. The van der Waals surface area contributed by atoms with E-state index < -0.39 is 6.10 Å². The summed E-state index contributed by atoms with van der Waals surface area (Å²) in [6, 6.07) is 10.6. The van der Waals surface area contributed by atoms with E-state index in [0.29, 0.717) is 31.3 Å². The maximum Gasteiger partial charge on any atom is 0.253 e. The van der Waals surface area contributed by atoms with E-state index in [-0.39, 0.29) is 23.8 Å². The van der Waals surface area contributed by atoms with Crippen LogP contribution in [0, 0.1) is 6.92 Å². The number of hydrogen-bond donors (Lipinski definition) is 3. The lowest BCUT2D eigenvalue weighted by Gasteiger charge is -2.09. The molecular formula is C25H31N5O6. The molecular weight excluding hydrogens is 466 g/mol. The Labute approximate surface area is 208 Å². The Bertz CT molecular complexity index is 1190.